The molecule has 2 N–H and O–H groups in total. The van der Waals surface area contributed by atoms with E-state index in [9.17, 15) is 9.90 Å². The number of hydrogen-bond donors (Lipinski definition) is 2. The van der Waals surface area contributed by atoms with Gasteiger partial charge in [-0.15, -0.1) is 0 Å². The maximum absolute atomic E-state index is 11.9. The van der Waals surface area contributed by atoms with Crippen LogP contribution in [0.15, 0.2) is 36.5 Å². The number of halogens is 1. The maximum Gasteiger partial charge on any atom is 0.253 e. The molecule has 21 heavy (non-hydrogen) atoms. The Kier molecular flexibility index (Phi) is 4.65. The van der Waals surface area contributed by atoms with Crippen molar-refractivity contribution in [1.29, 1.82) is 0 Å². The molecule has 5 nitrogen and oxygen atoms in total. The molecule has 6 heteroatoms. The number of nitrogens with one attached hydrogen (secondary N) is 1. The summed E-state index contributed by atoms with van der Waals surface area (Å²) in [5.74, 6) is 0.0350. The Morgan fingerprint density at radius 2 is 2.10 bits per heavy atom. The Morgan fingerprint density at radius 3 is 2.71 bits per heavy atom. The minimum Gasteiger partial charge on any atom is -0.506 e. The van der Waals surface area contributed by atoms with Gasteiger partial charge in [-0.3, -0.25) is 9.78 Å². The van der Waals surface area contributed by atoms with Crippen molar-refractivity contribution in [2.75, 3.05) is 19.4 Å². The molecule has 0 aliphatic heterocycles. The molecule has 2 rings (SSSR count). The Balaban J connectivity index is 2.14. The summed E-state index contributed by atoms with van der Waals surface area (Å²) < 4.78 is 0. The zero-order valence-electron chi connectivity index (χ0n) is 11.8. The number of amides is 1. The van der Waals surface area contributed by atoms with E-state index in [-0.39, 0.29) is 11.7 Å². The van der Waals surface area contributed by atoms with Crippen LogP contribution in [0.3, 0.4) is 0 Å². The van der Waals surface area contributed by atoms with Gasteiger partial charge in [0, 0.05) is 19.7 Å². The molecule has 1 aromatic carbocycles. The number of carbonyl (C=O) groups excluding carboxylic acids is 1. The van der Waals surface area contributed by atoms with Crippen molar-refractivity contribution < 1.29 is 9.90 Å². The van der Waals surface area contributed by atoms with Crippen molar-refractivity contribution in [3.8, 4) is 5.75 Å². The lowest BCUT2D eigenvalue weighted by atomic mass is 10.1. The molecule has 0 spiro atoms. The standard InChI is InChI=1S/C15H16ClN3O2/c1-19(2)15(21)10-3-6-13(16)14(7-10)18-8-11-4-5-12(20)9-17-11/h3-7,9,18,20H,8H2,1-2H3. The molecule has 1 heterocycles. The lowest BCUT2D eigenvalue weighted by Gasteiger charge is -2.13. The van der Waals surface area contributed by atoms with Crippen molar-refractivity contribution in [3.05, 3.63) is 52.8 Å². The molecule has 0 aliphatic rings. The van der Waals surface area contributed by atoms with Crippen molar-refractivity contribution in [2.45, 2.75) is 6.54 Å². The second-order valence-electron chi connectivity index (χ2n) is 4.76. The van der Waals surface area contributed by atoms with Crippen LogP contribution in [0.4, 0.5) is 5.69 Å². The first-order chi connectivity index (χ1) is 9.97. The number of nitrogens with zero attached hydrogens (tertiary/aromatic N) is 2. The highest BCUT2D eigenvalue weighted by Crippen LogP contribution is 2.24. The van der Waals surface area contributed by atoms with Crippen LogP contribution in [0.1, 0.15) is 16.1 Å². The first-order valence-electron chi connectivity index (χ1n) is 6.36. The second kappa shape index (κ2) is 6.45. The molecule has 1 amide bonds. The summed E-state index contributed by atoms with van der Waals surface area (Å²) in [6, 6.07) is 8.37. The van der Waals surface area contributed by atoms with E-state index in [0.717, 1.165) is 5.69 Å². The van der Waals surface area contributed by atoms with Gasteiger partial charge in [0.05, 0.1) is 29.1 Å². The quantitative estimate of drug-likeness (QED) is 0.911. The summed E-state index contributed by atoms with van der Waals surface area (Å²) in [5.41, 5.74) is 1.98. The summed E-state index contributed by atoms with van der Waals surface area (Å²) in [6.07, 6.45) is 1.38. The zero-order chi connectivity index (χ0) is 15.4. The first-order valence-corrected chi connectivity index (χ1v) is 6.74. The van der Waals surface area contributed by atoms with Gasteiger partial charge in [0.1, 0.15) is 5.75 Å². The minimum atomic E-state index is -0.0857. The highest BCUT2D eigenvalue weighted by molar-refractivity contribution is 6.33. The van der Waals surface area contributed by atoms with Crippen LogP contribution in [0.25, 0.3) is 0 Å². The summed E-state index contributed by atoms with van der Waals surface area (Å²) in [7, 11) is 3.40. The molecule has 0 unspecified atom stereocenters. The predicted octanol–water partition coefficient (Wildman–Crippen LogP) is 2.75. The second-order valence-corrected chi connectivity index (χ2v) is 5.16. The number of anilines is 1. The molecule has 0 bridgehead atoms. The van der Waals surface area contributed by atoms with E-state index in [0.29, 0.717) is 22.8 Å². The molecule has 1 aromatic heterocycles. The van der Waals surface area contributed by atoms with Gasteiger partial charge in [0.15, 0.2) is 0 Å². The van der Waals surface area contributed by atoms with Crippen molar-refractivity contribution >= 4 is 23.2 Å². The SMILES string of the molecule is CN(C)C(=O)c1ccc(Cl)c(NCc2ccc(O)cn2)c1. The van der Waals surface area contributed by atoms with Crippen LogP contribution < -0.4 is 5.32 Å². The third kappa shape index (κ3) is 3.86. The number of pyridine rings is 1. The fraction of sp³-hybridized carbons (Fsp3) is 0.200. The predicted molar refractivity (Wildman–Crippen MR) is 82.7 cm³/mol. The minimum absolute atomic E-state index is 0.0857. The van der Waals surface area contributed by atoms with E-state index >= 15 is 0 Å². The fourth-order valence-electron chi connectivity index (χ4n) is 1.76. The maximum atomic E-state index is 11.9. The zero-order valence-corrected chi connectivity index (χ0v) is 12.6. The average molecular weight is 306 g/mol. The van der Waals surface area contributed by atoms with Gasteiger partial charge < -0.3 is 15.3 Å². The Morgan fingerprint density at radius 1 is 1.33 bits per heavy atom. The molecular weight excluding hydrogens is 290 g/mol. The van der Waals surface area contributed by atoms with Gasteiger partial charge in [-0.05, 0) is 30.3 Å². The molecule has 0 fully saturated rings. The third-order valence-electron chi connectivity index (χ3n) is 2.89. The Hall–Kier alpha value is -2.27. The van der Waals surface area contributed by atoms with E-state index in [1.807, 2.05) is 0 Å². The Labute approximate surface area is 128 Å². The third-order valence-corrected chi connectivity index (χ3v) is 3.22. The molecule has 2 aromatic rings. The summed E-state index contributed by atoms with van der Waals surface area (Å²) in [5, 5.41) is 12.9. The van der Waals surface area contributed by atoms with Crippen molar-refractivity contribution in [3.63, 3.8) is 0 Å². The first kappa shape index (κ1) is 15.1. The highest BCUT2D eigenvalue weighted by atomic mass is 35.5. The number of benzene rings is 1. The van der Waals surface area contributed by atoms with Crippen LogP contribution in [0.5, 0.6) is 5.75 Å². The summed E-state index contributed by atoms with van der Waals surface area (Å²) >= 11 is 6.12. The van der Waals surface area contributed by atoms with E-state index in [4.69, 9.17) is 11.6 Å². The molecule has 0 aliphatic carbocycles. The smallest absolute Gasteiger partial charge is 0.253 e. The normalized spacial score (nSPS) is 10.2. The van der Waals surface area contributed by atoms with Crippen molar-refractivity contribution in [2.24, 2.45) is 0 Å². The lowest BCUT2D eigenvalue weighted by Crippen LogP contribution is -2.21. The molecule has 110 valence electrons. The number of carbonyl (C=O) groups is 1. The number of rotatable bonds is 4. The van der Waals surface area contributed by atoms with Crippen LogP contribution in [-0.2, 0) is 6.54 Å². The summed E-state index contributed by atoms with van der Waals surface area (Å²) in [4.78, 5) is 17.5. The molecule has 0 saturated heterocycles. The fourth-order valence-corrected chi connectivity index (χ4v) is 1.94. The van der Waals surface area contributed by atoms with E-state index < -0.39 is 0 Å². The van der Waals surface area contributed by atoms with Gasteiger partial charge >= 0.3 is 0 Å². The van der Waals surface area contributed by atoms with Gasteiger partial charge in [0.2, 0.25) is 0 Å². The summed E-state index contributed by atoms with van der Waals surface area (Å²) in [6.45, 7) is 0.444. The van der Waals surface area contributed by atoms with E-state index in [2.05, 4.69) is 10.3 Å². The van der Waals surface area contributed by atoms with Gasteiger partial charge in [-0.25, -0.2) is 0 Å². The van der Waals surface area contributed by atoms with Crippen LogP contribution >= 0.6 is 11.6 Å². The topological polar surface area (TPSA) is 65.5 Å². The lowest BCUT2D eigenvalue weighted by molar-refractivity contribution is 0.0827. The molecule has 0 atom stereocenters. The number of aromatic hydroxyl groups is 1. The van der Waals surface area contributed by atoms with Gasteiger partial charge in [-0.1, -0.05) is 11.6 Å². The van der Waals surface area contributed by atoms with Crippen molar-refractivity contribution in [1.82, 2.24) is 9.88 Å². The van der Waals surface area contributed by atoms with Gasteiger partial charge in [-0.2, -0.15) is 0 Å². The molecule has 0 saturated carbocycles. The Bertz CT molecular complexity index is 642. The van der Waals surface area contributed by atoms with E-state index in [1.54, 1.807) is 44.4 Å². The van der Waals surface area contributed by atoms with Crippen LogP contribution in [0.2, 0.25) is 5.02 Å². The highest BCUT2D eigenvalue weighted by Gasteiger charge is 2.10. The van der Waals surface area contributed by atoms with E-state index in [1.165, 1.54) is 11.1 Å². The largest absolute Gasteiger partial charge is 0.506 e. The molecular formula is C15H16ClN3O2. The van der Waals surface area contributed by atoms with Gasteiger partial charge in [0.25, 0.3) is 5.91 Å². The average Bonchev–Trinajstić information content (AvgIpc) is 2.47. The monoisotopic (exact) mass is 305 g/mol. The molecule has 0 radical (unpaired) electrons. The number of aromatic nitrogens is 1. The van der Waals surface area contributed by atoms with Crippen LogP contribution in [0, 0.1) is 0 Å². The van der Waals surface area contributed by atoms with Crippen LogP contribution in [-0.4, -0.2) is 35.0 Å². The number of hydrogen-bond acceptors (Lipinski definition) is 4.